The number of rotatable bonds is 8. The van der Waals surface area contributed by atoms with Crippen molar-refractivity contribution in [1.82, 2.24) is 9.88 Å². The third-order valence-electron chi connectivity index (χ3n) is 4.11. The fourth-order valence-corrected chi connectivity index (χ4v) is 3.83. The molecule has 0 aliphatic carbocycles. The summed E-state index contributed by atoms with van der Waals surface area (Å²) in [6, 6.07) is 5.52. The standard InChI is InChI=1S/C21H25F2N3OS.CH4/c1-5-17(11-24-6-2)18-9-14(3)20(28-18)21(27)26(13-19(22)23)12-16-8-7-15(4)25-10-16;/h5,7-11,19H,6,12-13H2,1-4H3;1H4/b17-5+,24-11?;. The zero-order valence-corrected chi connectivity index (χ0v) is 17.4. The summed E-state index contributed by atoms with van der Waals surface area (Å²) in [5.74, 6) is -0.391. The van der Waals surface area contributed by atoms with Gasteiger partial charge >= 0.3 is 0 Å². The molecule has 0 saturated carbocycles. The minimum absolute atomic E-state index is 0. The molecule has 0 spiro atoms. The lowest BCUT2D eigenvalue weighted by atomic mass is 10.1. The summed E-state index contributed by atoms with van der Waals surface area (Å²) < 4.78 is 26.2. The van der Waals surface area contributed by atoms with Gasteiger partial charge in [-0.15, -0.1) is 11.3 Å². The first kappa shape index (κ1) is 24.6. The lowest BCUT2D eigenvalue weighted by Crippen LogP contribution is -2.34. The lowest BCUT2D eigenvalue weighted by molar-refractivity contribution is 0.0538. The second-order valence-electron chi connectivity index (χ2n) is 6.38. The lowest BCUT2D eigenvalue weighted by Gasteiger charge is -2.22. The Hall–Kier alpha value is -2.41. The van der Waals surface area contributed by atoms with E-state index in [2.05, 4.69) is 9.98 Å². The van der Waals surface area contributed by atoms with Crippen LogP contribution in [-0.4, -0.2) is 41.5 Å². The molecule has 0 aliphatic rings. The molecule has 0 radical (unpaired) electrons. The summed E-state index contributed by atoms with van der Waals surface area (Å²) >= 11 is 1.31. The van der Waals surface area contributed by atoms with Gasteiger partial charge in [-0.3, -0.25) is 14.8 Å². The highest BCUT2D eigenvalue weighted by molar-refractivity contribution is 7.15. The molecule has 29 heavy (non-hydrogen) atoms. The van der Waals surface area contributed by atoms with E-state index in [4.69, 9.17) is 0 Å². The Labute approximate surface area is 176 Å². The Morgan fingerprint density at radius 2 is 2.07 bits per heavy atom. The van der Waals surface area contributed by atoms with Gasteiger partial charge in [0.15, 0.2) is 0 Å². The molecule has 2 heterocycles. The zero-order valence-electron chi connectivity index (χ0n) is 16.6. The third kappa shape index (κ3) is 6.85. The van der Waals surface area contributed by atoms with Crippen molar-refractivity contribution in [2.45, 2.75) is 48.1 Å². The van der Waals surface area contributed by atoms with Gasteiger partial charge in [0.25, 0.3) is 12.3 Å². The number of alkyl halides is 2. The Balaban J connectivity index is 0.00000420. The molecule has 4 nitrogen and oxygen atoms in total. The van der Waals surface area contributed by atoms with Crippen LogP contribution in [0, 0.1) is 13.8 Å². The Morgan fingerprint density at radius 1 is 1.34 bits per heavy atom. The first-order valence-corrected chi connectivity index (χ1v) is 9.93. The number of aryl methyl sites for hydroxylation is 2. The third-order valence-corrected chi connectivity index (χ3v) is 5.39. The molecular formula is C22H29F2N3OS. The van der Waals surface area contributed by atoms with E-state index in [1.807, 2.05) is 39.8 Å². The number of thiophene rings is 1. The molecule has 0 bridgehead atoms. The van der Waals surface area contributed by atoms with Crippen LogP contribution in [0.25, 0.3) is 5.57 Å². The van der Waals surface area contributed by atoms with E-state index in [0.29, 0.717) is 11.4 Å². The summed E-state index contributed by atoms with van der Waals surface area (Å²) in [5, 5.41) is 0. The molecule has 0 aliphatic heterocycles. The van der Waals surface area contributed by atoms with Gasteiger partial charge in [0, 0.05) is 41.6 Å². The second-order valence-corrected chi connectivity index (χ2v) is 7.43. The predicted octanol–water partition coefficient (Wildman–Crippen LogP) is 5.80. The fraction of sp³-hybridized carbons (Fsp3) is 0.409. The van der Waals surface area contributed by atoms with E-state index >= 15 is 0 Å². The van der Waals surface area contributed by atoms with Crippen LogP contribution in [0.2, 0.25) is 0 Å². The highest BCUT2D eigenvalue weighted by Gasteiger charge is 2.24. The number of nitrogens with zero attached hydrogens (tertiary/aromatic N) is 3. The molecular weight excluding hydrogens is 392 g/mol. The Bertz CT molecular complexity index is 857. The van der Waals surface area contributed by atoms with Crippen LogP contribution >= 0.6 is 11.3 Å². The Morgan fingerprint density at radius 3 is 2.62 bits per heavy atom. The van der Waals surface area contributed by atoms with E-state index in [9.17, 15) is 13.6 Å². The summed E-state index contributed by atoms with van der Waals surface area (Å²) in [6.07, 6.45) is 2.71. The van der Waals surface area contributed by atoms with Crippen molar-refractivity contribution in [3.8, 4) is 0 Å². The molecule has 1 amide bonds. The summed E-state index contributed by atoms with van der Waals surface area (Å²) in [6.45, 7) is 7.67. The first-order chi connectivity index (χ1) is 13.3. The predicted molar refractivity (Wildman–Crippen MR) is 118 cm³/mol. The molecule has 158 valence electrons. The van der Waals surface area contributed by atoms with Crippen molar-refractivity contribution in [3.05, 3.63) is 57.0 Å². The van der Waals surface area contributed by atoms with Gasteiger partial charge in [0.1, 0.15) is 0 Å². The summed E-state index contributed by atoms with van der Waals surface area (Å²) in [7, 11) is 0. The van der Waals surface area contributed by atoms with E-state index in [-0.39, 0.29) is 14.0 Å². The number of hydrogen-bond acceptors (Lipinski definition) is 4. The minimum atomic E-state index is -2.61. The number of allylic oxidation sites excluding steroid dienone is 2. The number of aromatic nitrogens is 1. The highest BCUT2D eigenvalue weighted by atomic mass is 32.1. The van der Waals surface area contributed by atoms with E-state index in [0.717, 1.165) is 27.3 Å². The maximum Gasteiger partial charge on any atom is 0.264 e. The molecule has 0 N–H and O–H groups in total. The van der Waals surface area contributed by atoms with Crippen LogP contribution in [0.1, 0.15) is 52.6 Å². The van der Waals surface area contributed by atoms with Gasteiger partial charge in [-0.25, -0.2) is 8.78 Å². The molecule has 2 aromatic rings. The Kier molecular flexibility index (Phi) is 9.81. The highest BCUT2D eigenvalue weighted by Crippen LogP contribution is 2.29. The van der Waals surface area contributed by atoms with Gasteiger partial charge in [-0.1, -0.05) is 19.6 Å². The van der Waals surface area contributed by atoms with Crippen molar-refractivity contribution in [1.29, 1.82) is 0 Å². The zero-order chi connectivity index (χ0) is 20.7. The largest absolute Gasteiger partial charge is 0.328 e. The smallest absolute Gasteiger partial charge is 0.264 e. The maximum atomic E-state index is 13.1. The minimum Gasteiger partial charge on any atom is -0.328 e. The normalized spacial score (nSPS) is 11.8. The van der Waals surface area contributed by atoms with Crippen LogP contribution in [0.5, 0.6) is 0 Å². The van der Waals surface area contributed by atoms with Crippen molar-refractivity contribution in [2.24, 2.45) is 4.99 Å². The SMILES string of the molecule is C.C/C=C(\C=NCC)c1cc(C)c(C(=O)N(Cc2ccc(C)nc2)CC(F)F)s1. The molecule has 0 unspecified atom stereocenters. The summed E-state index contributed by atoms with van der Waals surface area (Å²) in [5.41, 5.74) is 3.24. The number of carbonyl (C=O) groups excluding carboxylic acids is 1. The van der Waals surface area contributed by atoms with Crippen LogP contribution < -0.4 is 0 Å². The van der Waals surface area contributed by atoms with Gasteiger partial charge < -0.3 is 4.90 Å². The maximum absolute atomic E-state index is 13.1. The number of hydrogen-bond donors (Lipinski definition) is 0. The van der Waals surface area contributed by atoms with Crippen molar-refractivity contribution in [2.75, 3.05) is 13.1 Å². The van der Waals surface area contributed by atoms with E-state index in [1.54, 1.807) is 24.5 Å². The first-order valence-electron chi connectivity index (χ1n) is 9.11. The van der Waals surface area contributed by atoms with Crippen molar-refractivity contribution < 1.29 is 13.6 Å². The second kappa shape index (κ2) is 11.6. The fourth-order valence-electron chi connectivity index (χ4n) is 2.65. The van der Waals surface area contributed by atoms with Crippen molar-refractivity contribution >= 4 is 29.0 Å². The molecule has 2 rings (SSSR count). The van der Waals surface area contributed by atoms with Gasteiger partial charge in [-0.05, 0) is 51.0 Å². The topological polar surface area (TPSA) is 45.6 Å². The monoisotopic (exact) mass is 421 g/mol. The van der Waals surface area contributed by atoms with E-state index in [1.165, 1.54) is 16.2 Å². The number of aliphatic imine (C=N–C) groups is 1. The van der Waals surface area contributed by atoms with Gasteiger partial charge in [0.05, 0.1) is 11.4 Å². The molecule has 7 heteroatoms. The molecule has 0 fully saturated rings. The van der Waals surface area contributed by atoms with E-state index < -0.39 is 18.9 Å². The van der Waals surface area contributed by atoms with Gasteiger partial charge in [0.2, 0.25) is 0 Å². The number of halogens is 2. The van der Waals surface area contributed by atoms with Crippen LogP contribution in [0.4, 0.5) is 8.78 Å². The summed E-state index contributed by atoms with van der Waals surface area (Å²) in [4.78, 5) is 24.0. The quantitative estimate of drug-likeness (QED) is 0.506. The van der Waals surface area contributed by atoms with Crippen LogP contribution in [-0.2, 0) is 6.54 Å². The van der Waals surface area contributed by atoms with Crippen LogP contribution in [0.3, 0.4) is 0 Å². The van der Waals surface area contributed by atoms with Crippen molar-refractivity contribution in [3.63, 3.8) is 0 Å². The number of pyridine rings is 1. The molecule has 0 aromatic carbocycles. The van der Waals surface area contributed by atoms with Gasteiger partial charge in [-0.2, -0.15) is 0 Å². The molecule has 0 saturated heterocycles. The molecule has 0 atom stereocenters. The van der Waals surface area contributed by atoms with Crippen LogP contribution in [0.15, 0.2) is 35.5 Å². The average molecular weight is 422 g/mol. The molecule has 2 aromatic heterocycles. The number of amides is 1. The number of carbonyl (C=O) groups is 1. The average Bonchev–Trinajstić information content (AvgIpc) is 3.04.